The Morgan fingerprint density at radius 3 is 2.63 bits per heavy atom. The molecule has 7 nitrogen and oxygen atoms in total. The van der Waals surface area contributed by atoms with Crippen LogP contribution in [0.3, 0.4) is 0 Å². The van der Waals surface area contributed by atoms with E-state index in [2.05, 4.69) is 29.1 Å². The van der Waals surface area contributed by atoms with Gasteiger partial charge in [0.25, 0.3) is 5.91 Å². The second kappa shape index (κ2) is 12.0. The van der Waals surface area contributed by atoms with Gasteiger partial charge in [0.2, 0.25) is 0 Å². The highest BCUT2D eigenvalue weighted by atomic mass is 35.5. The molecule has 1 fully saturated rings. The number of rotatable bonds is 7. The standard InChI is InChI=1S/C27H32N4O3.ClH/c1-4-5-16-34-27(33)20-10-12-21(13-11-20)30-24-22-14-9-18(2)29-25(22)28-17-23(24)26(32)31-15-7-6-8-19(31)3;/h9-14,17,19H,4-8,15-16H2,1-3H3,(H,28,29,30);1H. The van der Waals surface area contributed by atoms with Gasteiger partial charge in [0.1, 0.15) is 0 Å². The number of nitrogens with one attached hydrogen (secondary N) is 1. The van der Waals surface area contributed by atoms with Gasteiger partial charge in [-0.05, 0) is 75.9 Å². The van der Waals surface area contributed by atoms with Gasteiger partial charge in [0.15, 0.2) is 5.65 Å². The Hall–Kier alpha value is -3.19. The zero-order valence-electron chi connectivity index (χ0n) is 20.5. The molecule has 0 bridgehead atoms. The molecule has 186 valence electrons. The highest BCUT2D eigenvalue weighted by molar-refractivity contribution is 6.07. The summed E-state index contributed by atoms with van der Waals surface area (Å²) in [6, 6.07) is 11.2. The van der Waals surface area contributed by atoms with Crippen LogP contribution < -0.4 is 5.32 Å². The number of anilines is 2. The maximum Gasteiger partial charge on any atom is 0.338 e. The molecule has 1 aromatic carbocycles. The summed E-state index contributed by atoms with van der Waals surface area (Å²) in [5.41, 5.74) is 3.91. The lowest BCUT2D eigenvalue weighted by molar-refractivity contribution is 0.0499. The number of ether oxygens (including phenoxy) is 1. The Morgan fingerprint density at radius 1 is 1.14 bits per heavy atom. The lowest BCUT2D eigenvalue weighted by Gasteiger charge is -2.34. The Kier molecular flexibility index (Phi) is 9.04. The summed E-state index contributed by atoms with van der Waals surface area (Å²) in [6.07, 6.45) is 6.60. The zero-order chi connectivity index (χ0) is 24.1. The van der Waals surface area contributed by atoms with E-state index in [1.165, 1.54) is 0 Å². The Balaban J connectivity index is 0.00000342. The molecule has 8 heteroatoms. The maximum absolute atomic E-state index is 13.6. The minimum atomic E-state index is -0.330. The third-order valence-electron chi connectivity index (χ3n) is 6.28. The number of amides is 1. The Morgan fingerprint density at radius 2 is 1.91 bits per heavy atom. The molecule has 1 N–H and O–H groups in total. The van der Waals surface area contributed by atoms with Crippen molar-refractivity contribution >= 4 is 46.7 Å². The molecule has 0 radical (unpaired) electrons. The lowest BCUT2D eigenvalue weighted by Crippen LogP contribution is -2.42. The first-order valence-corrected chi connectivity index (χ1v) is 12.1. The highest BCUT2D eigenvalue weighted by Crippen LogP contribution is 2.31. The number of carbonyl (C=O) groups excluding carboxylic acids is 2. The first kappa shape index (κ1) is 26.4. The van der Waals surface area contributed by atoms with Crippen molar-refractivity contribution in [1.29, 1.82) is 0 Å². The molecule has 1 aliphatic heterocycles. The lowest BCUT2D eigenvalue weighted by atomic mass is 10.0. The van der Waals surface area contributed by atoms with Crippen molar-refractivity contribution in [3.8, 4) is 0 Å². The second-order valence-electron chi connectivity index (χ2n) is 8.91. The number of halogens is 1. The Bertz CT molecular complexity index is 1180. The number of esters is 1. The molecule has 2 aromatic heterocycles. The highest BCUT2D eigenvalue weighted by Gasteiger charge is 2.27. The fourth-order valence-corrected chi connectivity index (χ4v) is 4.25. The van der Waals surface area contributed by atoms with Crippen molar-refractivity contribution in [3.63, 3.8) is 0 Å². The molecular formula is C27H33ClN4O3. The quantitative estimate of drug-likeness (QED) is 0.315. The molecule has 1 atom stereocenters. The summed E-state index contributed by atoms with van der Waals surface area (Å²) in [7, 11) is 0. The molecular weight excluding hydrogens is 464 g/mol. The molecule has 3 heterocycles. The van der Waals surface area contributed by atoms with Crippen LogP contribution in [0.25, 0.3) is 11.0 Å². The van der Waals surface area contributed by atoms with Crippen LogP contribution in [0.15, 0.2) is 42.6 Å². The van der Waals surface area contributed by atoms with E-state index in [4.69, 9.17) is 4.74 Å². The summed E-state index contributed by atoms with van der Waals surface area (Å²) in [4.78, 5) is 36.8. The molecule has 0 aliphatic carbocycles. The van der Waals surface area contributed by atoms with Crippen molar-refractivity contribution in [2.24, 2.45) is 0 Å². The number of aryl methyl sites for hydroxylation is 1. The van der Waals surface area contributed by atoms with E-state index in [0.29, 0.717) is 29.1 Å². The third kappa shape index (κ3) is 6.09. The van der Waals surface area contributed by atoms with Crippen LogP contribution in [-0.2, 0) is 4.74 Å². The SMILES string of the molecule is CCCCOC(=O)c1ccc(Nc2c(C(=O)N3CCCCC3C)cnc3nc(C)ccc23)cc1.Cl. The van der Waals surface area contributed by atoms with Crippen LogP contribution in [0.4, 0.5) is 11.4 Å². The molecule has 4 rings (SSSR count). The number of nitrogens with zero attached hydrogens (tertiary/aromatic N) is 3. The minimum Gasteiger partial charge on any atom is -0.462 e. The van der Waals surface area contributed by atoms with E-state index in [1.54, 1.807) is 18.3 Å². The predicted octanol–water partition coefficient (Wildman–Crippen LogP) is 6.08. The normalized spacial score (nSPS) is 15.4. The van der Waals surface area contributed by atoms with Crippen molar-refractivity contribution in [1.82, 2.24) is 14.9 Å². The minimum absolute atomic E-state index is 0. The van der Waals surface area contributed by atoms with Gasteiger partial charge in [-0.25, -0.2) is 14.8 Å². The summed E-state index contributed by atoms with van der Waals surface area (Å²) < 4.78 is 5.30. The number of fused-ring (bicyclic) bond motifs is 1. The largest absolute Gasteiger partial charge is 0.462 e. The van der Waals surface area contributed by atoms with Crippen LogP contribution in [-0.4, -0.2) is 45.9 Å². The summed E-state index contributed by atoms with van der Waals surface area (Å²) in [5.74, 6) is -0.357. The monoisotopic (exact) mass is 496 g/mol. The molecule has 35 heavy (non-hydrogen) atoms. The van der Waals surface area contributed by atoms with Crippen LogP contribution in [0.2, 0.25) is 0 Å². The number of aromatic nitrogens is 2. The molecule has 0 saturated carbocycles. The van der Waals surface area contributed by atoms with Gasteiger partial charge in [-0.3, -0.25) is 4.79 Å². The van der Waals surface area contributed by atoms with E-state index in [-0.39, 0.29) is 30.3 Å². The van der Waals surface area contributed by atoms with Gasteiger partial charge in [0, 0.05) is 35.6 Å². The van der Waals surface area contributed by atoms with E-state index >= 15 is 0 Å². The fourth-order valence-electron chi connectivity index (χ4n) is 4.25. The first-order chi connectivity index (χ1) is 16.5. The number of carbonyl (C=O) groups is 2. The van der Waals surface area contributed by atoms with E-state index < -0.39 is 0 Å². The molecule has 1 saturated heterocycles. The van der Waals surface area contributed by atoms with Crippen LogP contribution in [0, 0.1) is 6.92 Å². The smallest absolute Gasteiger partial charge is 0.338 e. The van der Waals surface area contributed by atoms with Crippen molar-refractivity contribution in [2.75, 3.05) is 18.5 Å². The average molecular weight is 497 g/mol. The molecule has 1 aliphatic rings. The van der Waals surface area contributed by atoms with Crippen molar-refractivity contribution < 1.29 is 14.3 Å². The van der Waals surface area contributed by atoms with Gasteiger partial charge >= 0.3 is 5.97 Å². The maximum atomic E-state index is 13.6. The first-order valence-electron chi connectivity index (χ1n) is 12.1. The van der Waals surface area contributed by atoms with E-state index in [9.17, 15) is 9.59 Å². The predicted molar refractivity (Wildman–Crippen MR) is 141 cm³/mol. The number of benzene rings is 1. The van der Waals surface area contributed by atoms with Crippen LogP contribution in [0.5, 0.6) is 0 Å². The topological polar surface area (TPSA) is 84.4 Å². The Labute approximate surface area is 212 Å². The third-order valence-corrected chi connectivity index (χ3v) is 6.28. The number of piperidine rings is 1. The number of unbranched alkanes of at least 4 members (excludes halogenated alkanes) is 1. The molecule has 0 spiro atoms. The number of pyridine rings is 2. The van der Waals surface area contributed by atoms with E-state index in [1.807, 2.05) is 36.1 Å². The fraction of sp³-hybridized carbons (Fsp3) is 0.407. The van der Waals surface area contributed by atoms with Gasteiger partial charge < -0.3 is 15.0 Å². The van der Waals surface area contributed by atoms with Crippen molar-refractivity contribution in [2.45, 2.75) is 58.9 Å². The van der Waals surface area contributed by atoms with Gasteiger partial charge in [-0.15, -0.1) is 12.4 Å². The van der Waals surface area contributed by atoms with Gasteiger partial charge in [0.05, 0.1) is 23.4 Å². The average Bonchev–Trinajstić information content (AvgIpc) is 2.84. The zero-order valence-corrected chi connectivity index (χ0v) is 21.4. The van der Waals surface area contributed by atoms with E-state index in [0.717, 1.165) is 55.4 Å². The van der Waals surface area contributed by atoms with Crippen LogP contribution in [0.1, 0.15) is 72.4 Å². The number of hydrogen-bond acceptors (Lipinski definition) is 6. The molecule has 1 amide bonds. The summed E-state index contributed by atoms with van der Waals surface area (Å²) in [6.45, 7) is 7.24. The summed E-state index contributed by atoms with van der Waals surface area (Å²) >= 11 is 0. The number of likely N-dealkylation sites (tertiary alicyclic amines) is 1. The summed E-state index contributed by atoms with van der Waals surface area (Å²) in [5, 5.41) is 4.19. The van der Waals surface area contributed by atoms with Crippen LogP contribution >= 0.6 is 12.4 Å². The van der Waals surface area contributed by atoms with Gasteiger partial charge in [-0.1, -0.05) is 13.3 Å². The molecule has 1 unspecified atom stereocenters. The van der Waals surface area contributed by atoms with Gasteiger partial charge in [-0.2, -0.15) is 0 Å². The molecule has 3 aromatic rings. The second-order valence-corrected chi connectivity index (χ2v) is 8.91. The van der Waals surface area contributed by atoms with Crippen molar-refractivity contribution in [3.05, 3.63) is 59.4 Å². The number of hydrogen-bond donors (Lipinski definition) is 1.